The van der Waals surface area contributed by atoms with E-state index in [2.05, 4.69) is 20.8 Å². The van der Waals surface area contributed by atoms with Crippen molar-refractivity contribution in [1.82, 2.24) is 0 Å². The van der Waals surface area contributed by atoms with Gasteiger partial charge in [0.15, 0.2) is 0 Å². The first-order valence-electron chi connectivity index (χ1n) is 27.5. The summed E-state index contributed by atoms with van der Waals surface area (Å²) in [4.78, 5) is 38.4. The summed E-state index contributed by atoms with van der Waals surface area (Å²) in [5.74, 6) is -1.13. The molecule has 7 heteroatoms. The molecule has 0 spiro atoms. The van der Waals surface area contributed by atoms with Gasteiger partial charge in [0, 0.05) is 0 Å². The second-order valence-corrected chi connectivity index (χ2v) is 23.1. The fourth-order valence-corrected chi connectivity index (χ4v) is 12.3. The van der Waals surface area contributed by atoms with Crippen LogP contribution in [0.15, 0.2) is 0 Å². The van der Waals surface area contributed by atoms with Crippen LogP contribution >= 0.6 is 0 Å². The molecule has 0 N–H and O–H groups in total. The van der Waals surface area contributed by atoms with Crippen molar-refractivity contribution >= 4 is 42.0 Å². The van der Waals surface area contributed by atoms with Crippen LogP contribution in [0.5, 0.6) is 0 Å². The number of hydrogen-bond donors (Lipinski definition) is 0. The molecule has 0 aromatic rings. The first-order valence-corrected chi connectivity index (χ1v) is 32.3. The molecule has 0 aliphatic heterocycles. The average Bonchev–Trinajstić information content (AvgIpc) is 3.25. The van der Waals surface area contributed by atoms with Gasteiger partial charge in [-0.2, -0.15) is 0 Å². The minimum atomic E-state index is -4.12. The van der Waals surface area contributed by atoms with E-state index >= 15 is 0 Å². The molecule has 0 bridgehead atoms. The SMILES string of the molecule is CCCCCCCCCCCCCCCCCC(=O)[O][Pb]([O]C(=O)CCCCCCCCCCCCCCCCC)[O]C(=O)CCCCCCCCCCCCCCCCC. The summed E-state index contributed by atoms with van der Waals surface area (Å²) < 4.78 is 17.0. The van der Waals surface area contributed by atoms with Crippen molar-refractivity contribution < 1.29 is 22.4 Å². The quantitative estimate of drug-likeness (QED) is 0.0446. The molecule has 0 aliphatic rings. The van der Waals surface area contributed by atoms with Gasteiger partial charge in [0.05, 0.1) is 0 Å². The number of hydrogen-bond acceptors (Lipinski definition) is 6. The molecule has 0 aromatic heterocycles. The van der Waals surface area contributed by atoms with E-state index in [0.29, 0.717) is 19.3 Å². The third kappa shape index (κ3) is 50.2. The van der Waals surface area contributed by atoms with Crippen molar-refractivity contribution in [3.05, 3.63) is 0 Å². The van der Waals surface area contributed by atoms with Gasteiger partial charge in [-0.15, -0.1) is 0 Å². The van der Waals surface area contributed by atoms with Crippen LogP contribution in [0.2, 0.25) is 0 Å². The predicted octanol–water partition coefficient (Wildman–Crippen LogP) is 18.4. The molecule has 0 aliphatic carbocycles. The van der Waals surface area contributed by atoms with Crippen LogP contribution in [0.3, 0.4) is 0 Å². The normalized spacial score (nSPS) is 11.4. The van der Waals surface area contributed by atoms with Gasteiger partial charge in [0.1, 0.15) is 0 Å². The molecule has 61 heavy (non-hydrogen) atoms. The Bertz CT molecular complexity index is 798. The smallest absolute Gasteiger partial charge is 0.0654 e. The van der Waals surface area contributed by atoms with E-state index in [1.807, 2.05) is 0 Å². The van der Waals surface area contributed by atoms with Crippen molar-refractivity contribution in [2.45, 2.75) is 329 Å². The summed E-state index contributed by atoms with van der Waals surface area (Å²) >= 11 is -4.12. The van der Waals surface area contributed by atoms with Crippen LogP contribution in [-0.2, 0) is 22.4 Å². The molecular formula is C54H105O6Pb. The van der Waals surface area contributed by atoms with E-state index in [9.17, 15) is 14.4 Å². The van der Waals surface area contributed by atoms with Crippen LogP contribution in [0.4, 0.5) is 0 Å². The Morgan fingerprint density at radius 3 is 0.508 bits per heavy atom. The molecule has 0 unspecified atom stereocenters. The minimum absolute atomic E-state index is 0.291. The Kier molecular flexibility index (Phi) is 51.4. The molecule has 0 amide bonds. The zero-order chi connectivity index (χ0) is 44.4. The summed E-state index contributed by atoms with van der Waals surface area (Å²) in [5.41, 5.74) is 0. The Morgan fingerprint density at radius 2 is 0.361 bits per heavy atom. The minimum Gasteiger partial charge on any atom is -0.0654 e. The van der Waals surface area contributed by atoms with Crippen LogP contribution in [0.25, 0.3) is 0 Å². The zero-order valence-corrected chi connectivity index (χ0v) is 45.3. The van der Waals surface area contributed by atoms with Crippen molar-refractivity contribution in [2.24, 2.45) is 0 Å². The first kappa shape index (κ1) is 60.3. The van der Waals surface area contributed by atoms with Crippen molar-refractivity contribution in [1.29, 1.82) is 0 Å². The standard InChI is InChI=1S/3C18H36O2.Pb/c3*1-2-3-4-5-6-7-8-9-10-11-12-13-14-15-16-17-18(19)20;/h3*2-17H2,1H3,(H,19,20);/q;;;+3/p-3. The van der Waals surface area contributed by atoms with Crippen LogP contribution < -0.4 is 0 Å². The van der Waals surface area contributed by atoms with Gasteiger partial charge >= 0.3 is 257 Å². The second kappa shape index (κ2) is 52.0. The zero-order valence-electron chi connectivity index (χ0n) is 41.4. The van der Waals surface area contributed by atoms with E-state index in [0.717, 1.165) is 57.8 Å². The molecule has 361 valence electrons. The van der Waals surface area contributed by atoms with E-state index in [4.69, 9.17) is 8.06 Å². The first-order chi connectivity index (χ1) is 30.0. The van der Waals surface area contributed by atoms with Gasteiger partial charge < -0.3 is 0 Å². The van der Waals surface area contributed by atoms with Gasteiger partial charge in [0.2, 0.25) is 0 Å². The van der Waals surface area contributed by atoms with E-state index in [1.165, 1.54) is 231 Å². The summed E-state index contributed by atoms with van der Waals surface area (Å²) in [6.45, 7) is 6.82. The maximum atomic E-state index is 12.8. The van der Waals surface area contributed by atoms with E-state index in [-0.39, 0.29) is 17.9 Å². The number of unbranched alkanes of at least 4 members (excludes halogenated alkanes) is 42. The predicted molar refractivity (Wildman–Crippen MR) is 263 cm³/mol. The Morgan fingerprint density at radius 1 is 0.230 bits per heavy atom. The molecule has 0 saturated heterocycles. The molecule has 0 saturated carbocycles. The monoisotopic (exact) mass is 1060 g/mol. The number of carbonyl (C=O) groups is 3. The molecule has 0 heterocycles. The third-order valence-electron chi connectivity index (χ3n) is 12.5. The average molecular weight is 1060 g/mol. The van der Waals surface area contributed by atoms with E-state index in [1.54, 1.807) is 0 Å². The van der Waals surface area contributed by atoms with Crippen LogP contribution in [-0.4, -0.2) is 42.0 Å². The number of carbonyl (C=O) groups excluding carboxylic acids is 3. The number of rotatable bonds is 51. The van der Waals surface area contributed by atoms with Crippen LogP contribution in [0, 0.1) is 0 Å². The molecule has 0 fully saturated rings. The van der Waals surface area contributed by atoms with Crippen molar-refractivity contribution in [3.8, 4) is 0 Å². The van der Waals surface area contributed by atoms with Gasteiger partial charge in [-0.1, -0.05) is 136 Å². The van der Waals surface area contributed by atoms with Gasteiger partial charge in [-0.25, -0.2) is 0 Å². The Hall–Kier alpha value is -0.668. The summed E-state index contributed by atoms with van der Waals surface area (Å²) in [5, 5.41) is 0. The Balaban J connectivity index is 4.31. The van der Waals surface area contributed by atoms with Gasteiger partial charge in [0.25, 0.3) is 0 Å². The maximum absolute atomic E-state index is 12.8. The third-order valence-corrected chi connectivity index (χ3v) is 17.1. The molecule has 0 rings (SSSR count). The molecule has 0 aromatic carbocycles. The summed E-state index contributed by atoms with van der Waals surface area (Å²) in [6, 6.07) is 0. The van der Waals surface area contributed by atoms with Gasteiger partial charge in [-0.3, -0.25) is 0 Å². The Labute approximate surface area is 391 Å². The molecule has 6 nitrogen and oxygen atoms in total. The summed E-state index contributed by atoms with van der Waals surface area (Å²) in [7, 11) is 0. The van der Waals surface area contributed by atoms with Crippen LogP contribution in [0.1, 0.15) is 329 Å². The summed E-state index contributed by atoms with van der Waals surface area (Å²) in [6.07, 6.45) is 58.0. The fraction of sp³-hybridized carbons (Fsp3) is 0.944. The van der Waals surface area contributed by atoms with Crippen molar-refractivity contribution in [3.63, 3.8) is 0 Å². The fourth-order valence-electron chi connectivity index (χ4n) is 8.42. The van der Waals surface area contributed by atoms with Gasteiger partial charge in [-0.05, 0) is 0 Å². The molecule has 1 radical (unpaired) electrons. The van der Waals surface area contributed by atoms with Crippen molar-refractivity contribution in [2.75, 3.05) is 0 Å². The molecule has 0 atom stereocenters. The second-order valence-electron chi connectivity index (χ2n) is 18.8. The topological polar surface area (TPSA) is 78.9 Å². The van der Waals surface area contributed by atoms with E-state index < -0.39 is 24.1 Å². The molecular weight excluding hydrogens is 952 g/mol.